The lowest BCUT2D eigenvalue weighted by molar-refractivity contribution is -0.129. The van der Waals surface area contributed by atoms with E-state index >= 15 is 0 Å². The second-order valence-corrected chi connectivity index (χ2v) is 6.13. The number of benzene rings is 2. The first-order chi connectivity index (χ1) is 13.8. The first-order valence-electron chi connectivity index (χ1n) is 8.47. The fraction of sp³-hybridized carbons (Fsp3) is 0.263. The average Bonchev–Trinajstić information content (AvgIpc) is 2.92. The molecule has 6 nitrogen and oxygen atoms in total. The van der Waals surface area contributed by atoms with Gasteiger partial charge in [-0.05, 0) is 35.4 Å². The third kappa shape index (κ3) is 3.69. The van der Waals surface area contributed by atoms with Crippen LogP contribution in [0.3, 0.4) is 0 Å². The quantitative estimate of drug-likeness (QED) is 0.711. The summed E-state index contributed by atoms with van der Waals surface area (Å²) in [5, 5.41) is 0. The lowest BCUT2D eigenvalue weighted by Gasteiger charge is -2.26. The number of likely N-dealkylation sites (N-methyl/N-ethyl adjacent to an activating group) is 1. The standard InChI is InChI=1S/C19H17F4N3O3/c1-26-16(27)19(25-18(26)24,11-2-5-13(6-3-11)29-17(22)23)12-4-7-14(21)15(10-12)28-9-8-20/h2-7,10,17H,8-9H2,1H3,(H2,24,25). The molecule has 1 unspecified atom stereocenters. The van der Waals surface area contributed by atoms with Crippen LogP contribution >= 0.6 is 0 Å². The van der Waals surface area contributed by atoms with Crippen molar-refractivity contribution in [3.63, 3.8) is 0 Å². The van der Waals surface area contributed by atoms with E-state index in [-0.39, 0.29) is 29.6 Å². The average molecular weight is 411 g/mol. The van der Waals surface area contributed by atoms with Gasteiger partial charge in [-0.3, -0.25) is 9.69 Å². The van der Waals surface area contributed by atoms with Crippen LogP contribution in [-0.4, -0.2) is 43.7 Å². The second-order valence-electron chi connectivity index (χ2n) is 6.13. The molecular weight excluding hydrogens is 394 g/mol. The molecule has 1 aliphatic rings. The molecule has 29 heavy (non-hydrogen) atoms. The van der Waals surface area contributed by atoms with Crippen LogP contribution in [0.1, 0.15) is 11.1 Å². The summed E-state index contributed by atoms with van der Waals surface area (Å²) in [4.78, 5) is 18.5. The number of hydrogen-bond donors (Lipinski definition) is 1. The zero-order valence-corrected chi connectivity index (χ0v) is 15.2. The molecule has 1 atom stereocenters. The molecule has 1 amide bonds. The SMILES string of the molecule is CN1C(=O)C(c2ccc(OC(F)F)cc2)(c2ccc(F)c(OCCF)c2)N=C1N. The Bertz CT molecular complexity index is 937. The van der Waals surface area contributed by atoms with E-state index in [0.717, 1.165) is 11.0 Å². The summed E-state index contributed by atoms with van der Waals surface area (Å²) in [5.74, 6) is -1.73. The highest BCUT2D eigenvalue weighted by molar-refractivity contribution is 6.08. The van der Waals surface area contributed by atoms with Gasteiger partial charge in [-0.1, -0.05) is 18.2 Å². The summed E-state index contributed by atoms with van der Waals surface area (Å²) in [6, 6.07) is 8.91. The molecule has 10 heteroatoms. The van der Waals surface area contributed by atoms with Gasteiger partial charge in [0.1, 0.15) is 19.0 Å². The van der Waals surface area contributed by atoms with Crippen molar-refractivity contribution in [2.24, 2.45) is 10.7 Å². The van der Waals surface area contributed by atoms with Crippen molar-refractivity contribution in [2.75, 3.05) is 20.3 Å². The van der Waals surface area contributed by atoms with E-state index in [1.807, 2.05) is 0 Å². The van der Waals surface area contributed by atoms with Crippen LogP contribution in [-0.2, 0) is 10.3 Å². The smallest absolute Gasteiger partial charge is 0.387 e. The molecule has 154 valence electrons. The van der Waals surface area contributed by atoms with E-state index in [4.69, 9.17) is 10.5 Å². The summed E-state index contributed by atoms with van der Waals surface area (Å²) in [7, 11) is 1.42. The molecule has 2 aromatic rings. The number of alkyl halides is 3. The molecule has 0 aliphatic carbocycles. The molecule has 0 saturated heterocycles. The Labute approximate surface area is 163 Å². The maximum atomic E-state index is 14.0. The normalized spacial score (nSPS) is 18.9. The Kier molecular flexibility index (Phi) is 5.62. The molecule has 2 aromatic carbocycles. The van der Waals surface area contributed by atoms with Gasteiger partial charge in [0, 0.05) is 7.05 Å². The third-order valence-corrected chi connectivity index (χ3v) is 4.42. The van der Waals surface area contributed by atoms with Gasteiger partial charge in [0.15, 0.2) is 23.1 Å². The summed E-state index contributed by atoms with van der Waals surface area (Å²) in [5.41, 5.74) is 4.65. The van der Waals surface area contributed by atoms with E-state index in [1.54, 1.807) is 0 Å². The van der Waals surface area contributed by atoms with E-state index in [1.165, 1.54) is 43.4 Å². The monoisotopic (exact) mass is 411 g/mol. The van der Waals surface area contributed by atoms with Crippen molar-refractivity contribution in [1.82, 2.24) is 4.90 Å². The fourth-order valence-electron chi connectivity index (χ4n) is 3.05. The summed E-state index contributed by atoms with van der Waals surface area (Å²) >= 11 is 0. The highest BCUT2D eigenvalue weighted by atomic mass is 19.3. The van der Waals surface area contributed by atoms with E-state index in [9.17, 15) is 22.4 Å². The zero-order chi connectivity index (χ0) is 21.2. The molecule has 1 aliphatic heterocycles. The molecule has 0 aromatic heterocycles. The number of amides is 1. The lowest BCUT2D eigenvalue weighted by Crippen LogP contribution is -2.41. The highest BCUT2D eigenvalue weighted by Crippen LogP contribution is 2.41. The number of carbonyl (C=O) groups is 1. The minimum Gasteiger partial charge on any atom is -0.488 e. The van der Waals surface area contributed by atoms with Crippen LogP contribution in [0, 0.1) is 5.82 Å². The molecule has 0 fully saturated rings. The summed E-state index contributed by atoms with van der Waals surface area (Å²) < 4.78 is 60.7. The Balaban J connectivity index is 2.13. The number of aliphatic imine (C=N–C) groups is 1. The Morgan fingerprint density at radius 2 is 1.83 bits per heavy atom. The van der Waals surface area contributed by atoms with Crippen molar-refractivity contribution < 1.29 is 31.8 Å². The predicted molar refractivity (Wildman–Crippen MR) is 96.1 cm³/mol. The Morgan fingerprint density at radius 3 is 2.38 bits per heavy atom. The van der Waals surface area contributed by atoms with Crippen molar-refractivity contribution in [3.8, 4) is 11.5 Å². The second kappa shape index (κ2) is 7.98. The van der Waals surface area contributed by atoms with Gasteiger partial charge >= 0.3 is 6.61 Å². The predicted octanol–water partition coefficient (Wildman–Crippen LogP) is 2.81. The molecule has 0 saturated carbocycles. The van der Waals surface area contributed by atoms with Crippen LogP contribution < -0.4 is 15.2 Å². The third-order valence-electron chi connectivity index (χ3n) is 4.42. The number of nitrogens with two attached hydrogens (primary N) is 1. The van der Waals surface area contributed by atoms with Crippen molar-refractivity contribution in [3.05, 3.63) is 59.4 Å². The minimum absolute atomic E-state index is 0.0848. The molecule has 0 radical (unpaired) electrons. The summed E-state index contributed by atoms with van der Waals surface area (Å²) in [6.07, 6.45) is 0. The topological polar surface area (TPSA) is 77.2 Å². The maximum absolute atomic E-state index is 14.0. The molecule has 2 N–H and O–H groups in total. The number of ether oxygens (including phenoxy) is 2. The number of nitrogens with zero attached hydrogens (tertiary/aromatic N) is 2. The van der Waals surface area contributed by atoms with Crippen LogP contribution in [0.25, 0.3) is 0 Å². The lowest BCUT2D eigenvalue weighted by atomic mass is 9.82. The van der Waals surface area contributed by atoms with Gasteiger partial charge in [0.05, 0.1) is 0 Å². The summed E-state index contributed by atoms with van der Waals surface area (Å²) in [6.45, 7) is -4.20. The Morgan fingerprint density at radius 1 is 1.17 bits per heavy atom. The number of rotatable bonds is 7. The van der Waals surface area contributed by atoms with Gasteiger partial charge in [0.25, 0.3) is 5.91 Å². The number of carbonyl (C=O) groups excluding carboxylic acids is 1. The van der Waals surface area contributed by atoms with Crippen molar-refractivity contribution >= 4 is 11.9 Å². The fourth-order valence-corrected chi connectivity index (χ4v) is 3.05. The van der Waals surface area contributed by atoms with Gasteiger partial charge in [-0.2, -0.15) is 8.78 Å². The molecular formula is C19H17F4N3O3. The minimum atomic E-state index is -3.00. The van der Waals surface area contributed by atoms with Crippen LogP contribution in [0.15, 0.2) is 47.5 Å². The van der Waals surface area contributed by atoms with Crippen molar-refractivity contribution in [2.45, 2.75) is 12.2 Å². The zero-order valence-electron chi connectivity index (χ0n) is 15.2. The van der Waals surface area contributed by atoms with E-state index < -0.39 is 30.5 Å². The first kappa shape index (κ1) is 20.4. The van der Waals surface area contributed by atoms with Crippen LogP contribution in [0.5, 0.6) is 11.5 Å². The largest absolute Gasteiger partial charge is 0.488 e. The van der Waals surface area contributed by atoms with E-state index in [0.29, 0.717) is 5.56 Å². The van der Waals surface area contributed by atoms with Crippen LogP contribution in [0.4, 0.5) is 17.6 Å². The molecule has 0 spiro atoms. The maximum Gasteiger partial charge on any atom is 0.387 e. The number of halogens is 4. The first-order valence-corrected chi connectivity index (χ1v) is 8.47. The molecule has 0 bridgehead atoms. The molecule has 3 rings (SSSR count). The van der Waals surface area contributed by atoms with Gasteiger partial charge in [-0.15, -0.1) is 0 Å². The number of guanidine groups is 1. The van der Waals surface area contributed by atoms with Crippen molar-refractivity contribution in [1.29, 1.82) is 0 Å². The Hall–Kier alpha value is -3.30. The van der Waals surface area contributed by atoms with Gasteiger partial charge < -0.3 is 15.2 Å². The van der Waals surface area contributed by atoms with Gasteiger partial charge in [0.2, 0.25) is 0 Å². The van der Waals surface area contributed by atoms with Crippen LogP contribution in [0.2, 0.25) is 0 Å². The highest BCUT2D eigenvalue weighted by Gasteiger charge is 2.49. The number of hydrogen-bond acceptors (Lipinski definition) is 5. The van der Waals surface area contributed by atoms with Gasteiger partial charge in [-0.25, -0.2) is 13.8 Å². The molecule has 1 heterocycles. The van der Waals surface area contributed by atoms with E-state index in [2.05, 4.69) is 9.73 Å².